The van der Waals surface area contributed by atoms with E-state index in [1.165, 1.54) is 4.90 Å². The van der Waals surface area contributed by atoms with Crippen LogP contribution in [0, 0.1) is 5.82 Å². The molecule has 11 nitrogen and oxygen atoms in total. The van der Waals surface area contributed by atoms with Crippen molar-refractivity contribution < 1.29 is 23.0 Å². The van der Waals surface area contributed by atoms with E-state index in [1.54, 1.807) is 20.2 Å². The summed E-state index contributed by atoms with van der Waals surface area (Å²) in [4.78, 5) is 28.7. The monoisotopic (exact) mass is 682 g/mol. The van der Waals surface area contributed by atoms with Crippen molar-refractivity contribution in [1.82, 2.24) is 29.5 Å². The van der Waals surface area contributed by atoms with Gasteiger partial charge in [-0.2, -0.15) is 15.1 Å². The van der Waals surface area contributed by atoms with Crippen molar-refractivity contribution in [3.05, 3.63) is 56.7 Å². The molecule has 3 atom stereocenters. The van der Waals surface area contributed by atoms with E-state index in [-0.39, 0.29) is 34.8 Å². The highest BCUT2D eigenvalue weighted by Crippen LogP contribution is 2.49. The zero-order chi connectivity index (χ0) is 33.4. The molecule has 1 aromatic carbocycles. The molecular formula is C34H41ClF2N8O3. The molecule has 1 spiro atoms. The van der Waals surface area contributed by atoms with Gasteiger partial charge in [0.25, 0.3) is 5.91 Å². The van der Waals surface area contributed by atoms with Gasteiger partial charge in [0, 0.05) is 52.1 Å². The van der Waals surface area contributed by atoms with Gasteiger partial charge in [-0.1, -0.05) is 11.6 Å². The molecule has 4 aliphatic heterocycles. The zero-order valence-corrected chi connectivity index (χ0v) is 28.2. The summed E-state index contributed by atoms with van der Waals surface area (Å²) in [6.07, 6.45) is 4.79. The first-order chi connectivity index (χ1) is 23.1. The number of amides is 1. The minimum Gasteiger partial charge on any atom is -0.461 e. The molecule has 1 amide bonds. The molecule has 5 aliphatic rings. The number of benzene rings is 1. The van der Waals surface area contributed by atoms with Gasteiger partial charge in [-0.05, 0) is 68.3 Å². The van der Waals surface area contributed by atoms with Gasteiger partial charge in [0.2, 0.25) is 0 Å². The van der Waals surface area contributed by atoms with E-state index in [2.05, 4.69) is 14.9 Å². The van der Waals surface area contributed by atoms with Gasteiger partial charge in [0.15, 0.2) is 11.5 Å². The van der Waals surface area contributed by atoms with Crippen LogP contribution in [0.25, 0.3) is 0 Å². The fraction of sp³-hybridized carbons (Fsp3) is 0.588. The molecule has 6 heterocycles. The Morgan fingerprint density at radius 3 is 2.85 bits per heavy atom. The van der Waals surface area contributed by atoms with Gasteiger partial charge in [-0.3, -0.25) is 14.4 Å². The van der Waals surface area contributed by atoms with Crippen LogP contribution < -0.4 is 15.4 Å². The van der Waals surface area contributed by atoms with E-state index in [0.29, 0.717) is 70.0 Å². The second kappa shape index (κ2) is 11.8. The van der Waals surface area contributed by atoms with Gasteiger partial charge in [-0.25, -0.2) is 8.78 Å². The predicted molar refractivity (Wildman–Crippen MR) is 175 cm³/mol. The Labute approximate surface area is 283 Å². The van der Waals surface area contributed by atoms with Crippen LogP contribution in [0.4, 0.5) is 20.3 Å². The molecule has 1 unspecified atom stereocenters. The van der Waals surface area contributed by atoms with Crippen LogP contribution >= 0.6 is 11.6 Å². The van der Waals surface area contributed by atoms with Crippen LogP contribution in [-0.4, -0.2) is 87.5 Å². The Morgan fingerprint density at radius 2 is 2.02 bits per heavy atom. The van der Waals surface area contributed by atoms with E-state index in [1.807, 2.05) is 10.7 Å². The number of aromatic nitrogens is 4. The molecule has 1 aliphatic carbocycles. The maximum atomic E-state index is 14.8. The summed E-state index contributed by atoms with van der Waals surface area (Å²) in [6, 6.07) is 3.77. The third kappa shape index (κ3) is 5.20. The number of carbonyl (C=O) groups excluding carboxylic acids is 1. The Balaban J connectivity index is 1.17. The van der Waals surface area contributed by atoms with Crippen molar-refractivity contribution in [1.29, 1.82) is 0 Å². The lowest BCUT2D eigenvalue weighted by atomic mass is 9.74. The van der Waals surface area contributed by atoms with Gasteiger partial charge < -0.3 is 25.0 Å². The summed E-state index contributed by atoms with van der Waals surface area (Å²) in [6.45, 7) is 3.70. The van der Waals surface area contributed by atoms with Crippen LogP contribution in [0.15, 0.2) is 12.1 Å². The van der Waals surface area contributed by atoms with Crippen LogP contribution in [0.2, 0.25) is 5.02 Å². The summed E-state index contributed by atoms with van der Waals surface area (Å²) in [7, 11) is 3.43. The molecule has 2 N–H and O–H groups in total. The zero-order valence-electron chi connectivity index (χ0n) is 27.4. The molecular weight excluding hydrogens is 642 g/mol. The third-order valence-electron chi connectivity index (χ3n) is 11.0. The first kappa shape index (κ1) is 31.7. The molecule has 2 fully saturated rings. The number of rotatable bonds is 5. The fourth-order valence-electron chi connectivity index (χ4n) is 8.62. The number of nitrogen functional groups attached to an aromatic ring is 1. The number of nitrogens with zero attached hydrogens (tertiary/aromatic N) is 7. The van der Waals surface area contributed by atoms with Crippen molar-refractivity contribution in [2.45, 2.75) is 88.4 Å². The molecule has 2 aromatic heterocycles. The lowest BCUT2D eigenvalue weighted by molar-refractivity contribution is -0.0855. The summed E-state index contributed by atoms with van der Waals surface area (Å²) < 4.78 is 44.5. The van der Waals surface area contributed by atoms with Gasteiger partial charge >= 0.3 is 6.01 Å². The summed E-state index contributed by atoms with van der Waals surface area (Å²) in [5, 5.41) is 4.66. The van der Waals surface area contributed by atoms with Crippen LogP contribution in [-0.2, 0) is 42.9 Å². The predicted octanol–water partition coefficient (Wildman–Crippen LogP) is 4.42. The number of anilines is 2. The smallest absolute Gasteiger partial charge is 0.318 e. The largest absolute Gasteiger partial charge is 0.461 e. The topological polar surface area (TPSA) is 115 Å². The molecule has 8 rings (SSSR count). The molecule has 3 aromatic rings. The summed E-state index contributed by atoms with van der Waals surface area (Å²) in [5.41, 5.74) is 9.48. The fourth-order valence-corrected chi connectivity index (χ4v) is 8.93. The number of halogens is 3. The number of alkyl halides is 1. The van der Waals surface area contributed by atoms with Crippen molar-refractivity contribution in [2.75, 3.05) is 51.0 Å². The molecule has 2 saturated heterocycles. The Bertz CT molecular complexity index is 1790. The van der Waals surface area contributed by atoms with Crippen molar-refractivity contribution in [3.63, 3.8) is 0 Å². The highest BCUT2D eigenvalue weighted by molar-refractivity contribution is 6.32. The Morgan fingerprint density at radius 1 is 1.17 bits per heavy atom. The molecule has 0 radical (unpaired) electrons. The summed E-state index contributed by atoms with van der Waals surface area (Å²) in [5.74, 6) is -0.0297. The van der Waals surface area contributed by atoms with E-state index >= 15 is 0 Å². The third-order valence-corrected chi connectivity index (χ3v) is 11.4. The van der Waals surface area contributed by atoms with E-state index in [4.69, 9.17) is 36.8 Å². The average molecular weight is 683 g/mol. The second-order valence-corrected chi connectivity index (χ2v) is 14.6. The van der Waals surface area contributed by atoms with E-state index in [0.717, 1.165) is 60.3 Å². The number of aryl methyl sites for hydroxylation is 1. The van der Waals surface area contributed by atoms with E-state index in [9.17, 15) is 13.6 Å². The highest BCUT2D eigenvalue weighted by atomic mass is 35.5. The van der Waals surface area contributed by atoms with E-state index < -0.39 is 17.6 Å². The lowest BCUT2D eigenvalue weighted by Gasteiger charge is -2.43. The van der Waals surface area contributed by atoms with Crippen LogP contribution in [0.3, 0.4) is 0 Å². The SMILES string of the molecule is CN(C)C(=O)c1cc2n(n1)CCCN(c1nc(OC[C@@]34CCCN3C[C@H](F)C4)nc3c1COC1(CCCc4c1cc(N)c(F)c4Cl)C3)C2. The molecule has 48 heavy (non-hydrogen) atoms. The second-order valence-electron chi connectivity index (χ2n) is 14.3. The minimum atomic E-state index is -0.868. The lowest BCUT2D eigenvalue weighted by Crippen LogP contribution is -2.44. The first-order valence-corrected chi connectivity index (χ1v) is 17.3. The number of hydrogen-bond acceptors (Lipinski definition) is 9. The first-order valence-electron chi connectivity index (χ1n) is 16.9. The molecule has 256 valence electrons. The number of nitrogens with two attached hydrogens (primary N) is 1. The number of carbonyl (C=O) groups is 1. The normalized spacial score (nSPS) is 26.5. The maximum absolute atomic E-state index is 14.8. The van der Waals surface area contributed by atoms with Gasteiger partial charge in [-0.15, -0.1) is 0 Å². The Kier molecular flexibility index (Phi) is 7.79. The number of fused-ring (bicyclic) bond motifs is 5. The quantitative estimate of drug-likeness (QED) is 0.391. The minimum absolute atomic E-state index is 0.00165. The summed E-state index contributed by atoms with van der Waals surface area (Å²) >= 11 is 6.50. The molecule has 0 saturated carbocycles. The molecule has 14 heteroatoms. The van der Waals surface area contributed by atoms with Gasteiger partial charge in [0.05, 0.1) is 46.4 Å². The highest BCUT2D eigenvalue weighted by Gasteiger charge is 2.50. The maximum Gasteiger partial charge on any atom is 0.318 e. The number of ether oxygens (including phenoxy) is 2. The van der Waals surface area contributed by atoms with Crippen LogP contribution in [0.1, 0.15) is 77.1 Å². The van der Waals surface area contributed by atoms with Crippen molar-refractivity contribution >= 4 is 29.0 Å². The van der Waals surface area contributed by atoms with Crippen molar-refractivity contribution in [2.24, 2.45) is 0 Å². The Hall–Kier alpha value is -3.55. The standard InChI is InChI=1S/C34H41ClF2N8O3/c1-42(2)31(46)26-12-21-17-43(9-5-11-45(21)41-26)30-23-18-48-34(8-3-6-22-24(34)13-25(38)29(37)28(22)35)15-27(23)39-32(40-30)47-19-33-7-4-10-44(33)16-20(36)14-33/h12-13,20H,3-11,14-19,38H2,1-2H3/t20-,33+,34?/m1/s1. The average Bonchev–Trinajstić information content (AvgIpc) is 3.69. The van der Waals surface area contributed by atoms with Crippen LogP contribution in [0.5, 0.6) is 6.01 Å². The molecule has 0 bridgehead atoms. The van der Waals surface area contributed by atoms with Gasteiger partial charge in [0.1, 0.15) is 18.6 Å². The number of hydrogen-bond donors (Lipinski definition) is 1. The van der Waals surface area contributed by atoms with Crippen molar-refractivity contribution in [3.8, 4) is 6.01 Å².